The molecule has 0 bridgehead atoms. The minimum absolute atomic E-state index is 0.333. The summed E-state index contributed by atoms with van der Waals surface area (Å²) < 4.78 is 11.1. The molecule has 0 saturated carbocycles. The van der Waals surface area contributed by atoms with Crippen LogP contribution in [-0.4, -0.2) is 24.3 Å². The summed E-state index contributed by atoms with van der Waals surface area (Å²) in [7, 11) is 0. The normalized spacial score (nSPS) is 12.0. The van der Waals surface area contributed by atoms with Gasteiger partial charge in [0, 0.05) is 6.07 Å². The first kappa shape index (κ1) is 18.3. The maximum Gasteiger partial charge on any atom is 0.341 e. The predicted molar refractivity (Wildman–Crippen MR) is 87.9 cm³/mol. The van der Waals surface area contributed by atoms with Crippen molar-refractivity contribution in [3.63, 3.8) is 0 Å². The van der Waals surface area contributed by atoms with Crippen molar-refractivity contribution in [3.05, 3.63) is 23.8 Å². The van der Waals surface area contributed by atoms with Crippen molar-refractivity contribution in [1.82, 2.24) is 0 Å². The van der Waals surface area contributed by atoms with Crippen LogP contribution in [0.1, 0.15) is 64.4 Å². The second kappa shape index (κ2) is 10.1. The van der Waals surface area contributed by atoms with Gasteiger partial charge >= 0.3 is 5.97 Å². The van der Waals surface area contributed by atoms with Gasteiger partial charge in [0.05, 0.1) is 6.61 Å². The summed E-state index contributed by atoms with van der Waals surface area (Å²) in [5, 5.41) is 8.74. The first-order chi connectivity index (χ1) is 10.6. The van der Waals surface area contributed by atoms with Crippen molar-refractivity contribution in [3.8, 4) is 11.5 Å². The Balaban J connectivity index is 2.71. The van der Waals surface area contributed by atoms with Gasteiger partial charge in [0.1, 0.15) is 11.5 Å². The van der Waals surface area contributed by atoms with E-state index in [9.17, 15) is 4.79 Å². The molecule has 0 aliphatic rings. The molecule has 0 aliphatic heterocycles. The summed E-state index contributed by atoms with van der Waals surface area (Å²) in [5.74, 6) is 0.727. The largest absolute Gasteiger partial charge is 0.493 e. The summed E-state index contributed by atoms with van der Waals surface area (Å²) >= 11 is 0. The molecule has 0 saturated heterocycles. The number of ether oxygens (including phenoxy) is 2. The number of carbonyl (C=O) groups is 1. The van der Waals surface area contributed by atoms with Gasteiger partial charge in [-0.15, -0.1) is 0 Å². The molecule has 0 fully saturated rings. The number of carboxylic acid groups (broad SMARTS) is 1. The van der Waals surface area contributed by atoms with Crippen molar-refractivity contribution in [2.24, 2.45) is 0 Å². The van der Waals surface area contributed by atoms with Gasteiger partial charge in [0.2, 0.25) is 0 Å². The first-order valence-electron chi connectivity index (χ1n) is 8.19. The van der Waals surface area contributed by atoms with Crippen LogP contribution in [0.2, 0.25) is 0 Å². The van der Waals surface area contributed by atoms with Crippen LogP contribution in [0.25, 0.3) is 0 Å². The Labute approximate surface area is 133 Å². The van der Waals surface area contributed by atoms with E-state index >= 15 is 0 Å². The molecule has 4 heteroatoms. The molecule has 1 aromatic rings. The van der Waals surface area contributed by atoms with E-state index in [2.05, 4.69) is 20.8 Å². The van der Waals surface area contributed by atoms with E-state index in [4.69, 9.17) is 14.6 Å². The van der Waals surface area contributed by atoms with Gasteiger partial charge in [-0.05, 0) is 36.5 Å². The van der Waals surface area contributed by atoms with Crippen LogP contribution in [0.5, 0.6) is 11.5 Å². The maximum atomic E-state index is 10.6. The van der Waals surface area contributed by atoms with Crippen LogP contribution in [0, 0.1) is 0 Å². The Hall–Kier alpha value is -1.71. The van der Waals surface area contributed by atoms with Gasteiger partial charge in [-0.3, -0.25) is 0 Å². The molecular formula is C18H28O4. The zero-order chi connectivity index (χ0) is 16.4. The van der Waals surface area contributed by atoms with E-state index in [0.29, 0.717) is 18.3 Å². The van der Waals surface area contributed by atoms with Gasteiger partial charge in [0.25, 0.3) is 0 Å². The number of hydrogen-bond donors (Lipinski definition) is 1. The molecule has 0 amide bonds. The van der Waals surface area contributed by atoms with Crippen LogP contribution >= 0.6 is 0 Å². The first-order valence-corrected chi connectivity index (χ1v) is 8.19. The van der Waals surface area contributed by atoms with Gasteiger partial charge in [-0.2, -0.15) is 0 Å². The second-order valence-electron chi connectivity index (χ2n) is 5.64. The molecule has 0 aliphatic carbocycles. The van der Waals surface area contributed by atoms with E-state index in [1.807, 2.05) is 12.1 Å². The molecule has 0 heterocycles. The van der Waals surface area contributed by atoms with Crippen LogP contribution in [0.15, 0.2) is 18.2 Å². The number of unbranched alkanes of at least 4 members (excludes halogenated alkanes) is 3. The lowest BCUT2D eigenvalue weighted by Gasteiger charge is -2.15. The fourth-order valence-electron chi connectivity index (χ4n) is 2.14. The highest BCUT2D eigenvalue weighted by molar-refractivity contribution is 5.68. The predicted octanol–water partition coefficient (Wildman–Crippen LogP) is 4.62. The van der Waals surface area contributed by atoms with E-state index in [1.165, 1.54) is 19.3 Å². The molecule has 1 unspecified atom stereocenters. The van der Waals surface area contributed by atoms with E-state index < -0.39 is 5.97 Å². The molecule has 1 rings (SSSR count). The topological polar surface area (TPSA) is 55.8 Å². The minimum Gasteiger partial charge on any atom is -0.493 e. The number of hydrogen-bond acceptors (Lipinski definition) is 3. The average molecular weight is 308 g/mol. The van der Waals surface area contributed by atoms with Crippen molar-refractivity contribution >= 4 is 5.97 Å². The number of rotatable bonds is 11. The lowest BCUT2D eigenvalue weighted by molar-refractivity contribution is -0.139. The summed E-state index contributed by atoms with van der Waals surface area (Å²) in [6.45, 7) is 6.80. The third-order valence-electron chi connectivity index (χ3n) is 3.71. The molecule has 22 heavy (non-hydrogen) atoms. The van der Waals surface area contributed by atoms with Crippen molar-refractivity contribution in [2.45, 2.75) is 58.8 Å². The van der Waals surface area contributed by atoms with Crippen LogP contribution < -0.4 is 9.47 Å². The van der Waals surface area contributed by atoms with Gasteiger partial charge in [0.15, 0.2) is 6.61 Å². The van der Waals surface area contributed by atoms with Crippen LogP contribution in [0.3, 0.4) is 0 Å². The molecule has 0 aromatic heterocycles. The fraction of sp³-hybridized carbons (Fsp3) is 0.611. The number of benzene rings is 1. The van der Waals surface area contributed by atoms with Crippen LogP contribution in [-0.2, 0) is 4.79 Å². The zero-order valence-electron chi connectivity index (χ0n) is 13.9. The van der Waals surface area contributed by atoms with Crippen molar-refractivity contribution < 1.29 is 19.4 Å². The Kier molecular flexibility index (Phi) is 8.41. The summed E-state index contributed by atoms with van der Waals surface area (Å²) in [4.78, 5) is 10.6. The summed E-state index contributed by atoms with van der Waals surface area (Å²) in [6.07, 6.45) is 5.65. The minimum atomic E-state index is -0.976. The highest BCUT2D eigenvalue weighted by atomic mass is 16.5. The summed E-state index contributed by atoms with van der Waals surface area (Å²) in [6, 6.07) is 5.71. The van der Waals surface area contributed by atoms with Gasteiger partial charge in [-0.1, -0.05) is 40.0 Å². The number of carboxylic acids is 1. The highest BCUT2D eigenvalue weighted by Crippen LogP contribution is 2.29. The smallest absolute Gasteiger partial charge is 0.341 e. The monoisotopic (exact) mass is 308 g/mol. The standard InChI is InChI=1S/C18H28O4/c1-4-6-7-8-9-21-16-10-15(14(3)5-2)11-17(12-16)22-13-18(19)20/h10-12,14H,4-9,13H2,1-3H3,(H,19,20). The fourth-order valence-corrected chi connectivity index (χ4v) is 2.14. The van der Waals surface area contributed by atoms with Gasteiger partial charge < -0.3 is 14.6 Å². The van der Waals surface area contributed by atoms with Crippen LogP contribution in [0.4, 0.5) is 0 Å². The zero-order valence-corrected chi connectivity index (χ0v) is 13.9. The molecule has 0 spiro atoms. The summed E-state index contributed by atoms with van der Waals surface area (Å²) in [5.41, 5.74) is 1.12. The van der Waals surface area contributed by atoms with Gasteiger partial charge in [-0.25, -0.2) is 4.79 Å². The molecule has 4 nitrogen and oxygen atoms in total. The highest BCUT2D eigenvalue weighted by Gasteiger charge is 2.09. The Morgan fingerprint density at radius 1 is 1.09 bits per heavy atom. The molecule has 1 atom stereocenters. The Morgan fingerprint density at radius 3 is 2.36 bits per heavy atom. The Morgan fingerprint density at radius 2 is 1.77 bits per heavy atom. The SMILES string of the molecule is CCCCCCOc1cc(OCC(=O)O)cc(C(C)CC)c1. The van der Waals surface area contributed by atoms with E-state index in [-0.39, 0.29) is 6.61 Å². The van der Waals surface area contributed by atoms with E-state index in [0.717, 1.165) is 24.2 Å². The Bertz CT molecular complexity index is 456. The van der Waals surface area contributed by atoms with Crippen molar-refractivity contribution in [1.29, 1.82) is 0 Å². The van der Waals surface area contributed by atoms with Crippen molar-refractivity contribution in [2.75, 3.05) is 13.2 Å². The average Bonchev–Trinajstić information content (AvgIpc) is 2.51. The molecule has 1 aromatic carbocycles. The molecule has 0 radical (unpaired) electrons. The molecule has 1 N–H and O–H groups in total. The lowest BCUT2D eigenvalue weighted by Crippen LogP contribution is -2.10. The molecular weight excluding hydrogens is 280 g/mol. The second-order valence-corrected chi connectivity index (χ2v) is 5.64. The lowest BCUT2D eigenvalue weighted by atomic mass is 9.98. The maximum absolute atomic E-state index is 10.6. The molecule has 124 valence electrons. The third kappa shape index (κ3) is 6.83. The van der Waals surface area contributed by atoms with E-state index in [1.54, 1.807) is 6.07 Å². The number of aliphatic carboxylic acids is 1. The quantitative estimate of drug-likeness (QED) is 0.606. The third-order valence-corrected chi connectivity index (χ3v) is 3.71.